The van der Waals surface area contributed by atoms with Crippen LogP contribution in [-0.4, -0.2) is 58.4 Å². The van der Waals surface area contributed by atoms with Crippen molar-refractivity contribution in [3.05, 3.63) is 11.6 Å². The van der Waals surface area contributed by atoms with Crippen molar-refractivity contribution >= 4 is 27.5 Å². The van der Waals surface area contributed by atoms with Gasteiger partial charge in [-0.15, -0.1) is 0 Å². The van der Waals surface area contributed by atoms with Crippen molar-refractivity contribution in [3.63, 3.8) is 0 Å². The summed E-state index contributed by atoms with van der Waals surface area (Å²) >= 11 is 0. The molecular weight excluding hydrogens is 384 g/mol. The zero-order valence-electron chi connectivity index (χ0n) is 17.2. The lowest BCUT2D eigenvalue weighted by Gasteiger charge is -2.54. The van der Waals surface area contributed by atoms with Crippen molar-refractivity contribution in [2.45, 2.75) is 88.0 Å². The molecule has 5 atom stereocenters. The molecule has 1 amide bonds. The molecule has 1 aliphatic carbocycles. The summed E-state index contributed by atoms with van der Waals surface area (Å²) in [5.41, 5.74) is 1.63. The first kappa shape index (κ1) is 19.8. The molecule has 0 aromatic heterocycles. The molecule has 2 bridgehead atoms. The maximum Gasteiger partial charge on any atom is 0.223 e. The van der Waals surface area contributed by atoms with Crippen LogP contribution >= 0.6 is 21.6 Å². The summed E-state index contributed by atoms with van der Waals surface area (Å²) in [5, 5.41) is 0.847. The molecule has 156 valence electrons. The zero-order valence-corrected chi connectivity index (χ0v) is 18.8. The van der Waals surface area contributed by atoms with E-state index in [1.165, 1.54) is 76.6 Å². The molecule has 0 spiro atoms. The van der Waals surface area contributed by atoms with Gasteiger partial charge < -0.3 is 4.90 Å². The van der Waals surface area contributed by atoms with Crippen LogP contribution in [0.1, 0.15) is 70.6 Å². The Morgan fingerprint density at radius 3 is 3.00 bits per heavy atom. The van der Waals surface area contributed by atoms with Crippen LogP contribution in [0.3, 0.4) is 0 Å². The molecule has 5 rings (SSSR count). The molecule has 0 aromatic carbocycles. The van der Waals surface area contributed by atoms with E-state index in [1.807, 2.05) is 10.8 Å². The number of rotatable bonds is 5. The van der Waals surface area contributed by atoms with Gasteiger partial charge in [0.05, 0.1) is 6.04 Å². The van der Waals surface area contributed by atoms with Gasteiger partial charge in [-0.2, -0.15) is 0 Å². The maximum absolute atomic E-state index is 13.2. The predicted octanol–water partition coefficient (Wildman–Crippen LogP) is 5.12. The standard InChI is InChI=1S/C23H36N2OS2/c26-22(9-2-1-7-20-10-13-27-28-20)25-12-5-6-17-14-18-15-19(23(17)25)16-24-11-4-3-8-21(18)24/h14,18-21,23H,1-13,15-16H2/t18-,19-,20+,21?,23?/m0/s1. The lowest BCUT2D eigenvalue weighted by Crippen LogP contribution is -2.60. The first-order valence-corrected chi connectivity index (χ1v) is 14.2. The lowest BCUT2D eigenvalue weighted by molar-refractivity contribution is -0.136. The minimum Gasteiger partial charge on any atom is -0.336 e. The number of carbonyl (C=O) groups is 1. The number of likely N-dealkylation sites (tertiary alicyclic amines) is 1. The topological polar surface area (TPSA) is 23.6 Å². The van der Waals surface area contributed by atoms with Crippen molar-refractivity contribution in [2.24, 2.45) is 11.8 Å². The molecule has 4 aliphatic heterocycles. The molecule has 0 saturated carbocycles. The van der Waals surface area contributed by atoms with E-state index in [4.69, 9.17) is 0 Å². The van der Waals surface area contributed by atoms with E-state index >= 15 is 0 Å². The molecule has 0 aromatic rings. The quantitative estimate of drug-likeness (QED) is 0.350. The Bertz CT molecular complexity index is 603. The molecule has 28 heavy (non-hydrogen) atoms. The number of hydrogen-bond acceptors (Lipinski definition) is 4. The normalized spacial score (nSPS) is 37.9. The van der Waals surface area contributed by atoms with Crippen LogP contribution in [-0.2, 0) is 4.79 Å². The van der Waals surface area contributed by atoms with Crippen LogP contribution in [0.5, 0.6) is 0 Å². The average Bonchev–Trinajstić information content (AvgIpc) is 3.24. The molecule has 4 saturated heterocycles. The molecule has 0 N–H and O–H groups in total. The number of carbonyl (C=O) groups excluding carboxylic acids is 1. The number of hydrogen-bond donors (Lipinski definition) is 0. The zero-order chi connectivity index (χ0) is 18.9. The predicted molar refractivity (Wildman–Crippen MR) is 121 cm³/mol. The van der Waals surface area contributed by atoms with Gasteiger partial charge in [0.15, 0.2) is 0 Å². The lowest BCUT2D eigenvalue weighted by atomic mass is 9.68. The SMILES string of the molecule is O=C(CCCC[C@@H]1CCSS1)N1CCCC2=C[C@H]3C[C@@H](CN4CCCCC34)C21. The summed E-state index contributed by atoms with van der Waals surface area (Å²) in [6.07, 6.45) is 16.3. The highest BCUT2D eigenvalue weighted by Crippen LogP contribution is 2.45. The molecule has 5 heteroatoms. The molecule has 4 fully saturated rings. The van der Waals surface area contributed by atoms with Crippen molar-refractivity contribution in [3.8, 4) is 0 Å². The van der Waals surface area contributed by atoms with Gasteiger partial charge in [-0.1, -0.05) is 46.1 Å². The van der Waals surface area contributed by atoms with Gasteiger partial charge in [-0.25, -0.2) is 0 Å². The van der Waals surface area contributed by atoms with Gasteiger partial charge in [0.25, 0.3) is 0 Å². The summed E-state index contributed by atoms with van der Waals surface area (Å²) < 4.78 is 0. The minimum absolute atomic E-state index is 0.433. The molecule has 0 radical (unpaired) electrons. The fraction of sp³-hybridized carbons (Fsp3) is 0.870. The van der Waals surface area contributed by atoms with E-state index in [0.717, 1.165) is 36.6 Å². The summed E-state index contributed by atoms with van der Waals surface area (Å²) in [4.78, 5) is 18.3. The molecule has 4 heterocycles. The van der Waals surface area contributed by atoms with Crippen molar-refractivity contribution in [1.29, 1.82) is 0 Å². The van der Waals surface area contributed by atoms with Gasteiger partial charge in [0.2, 0.25) is 5.91 Å². The third-order valence-corrected chi connectivity index (χ3v) is 10.9. The van der Waals surface area contributed by atoms with Crippen LogP contribution in [0.25, 0.3) is 0 Å². The summed E-state index contributed by atoms with van der Waals surface area (Å²) in [6, 6.07) is 1.23. The third-order valence-electron chi connectivity index (χ3n) is 7.87. The van der Waals surface area contributed by atoms with Gasteiger partial charge in [0, 0.05) is 36.6 Å². The Hall–Kier alpha value is -0.130. The molecule has 3 nitrogen and oxygen atoms in total. The minimum atomic E-state index is 0.433. The number of amides is 1. The Labute approximate surface area is 178 Å². The van der Waals surface area contributed by atoms with E-state index < -0.39 is 0 Å². The smallest absolute Gasteiger partial charge is 0.223 e. The largest absolute Gasteiger partial charge is 0.336 e. The first-order valence-electron chi connectivity index (χ1n) is 11.8. The van der Waals surface area contributed by atoms with Gasteiger partial charge in [0.1, 0.15) is 0 Å². The number of nitrogens with zero attached hydrogens (tertiary/aromatic N) is 2. The number of unbranched alkanes of at least 4 members (excludes halogenated alkanes) is 1. The average molecular weight is 421 g/mol. The van der Waals surface area contributed by atoms with E-state index in [-0.39, 0.29) is 0 Å². The Morgan fingerprint density at radius 2 is 2.11 bits per heavy atom. The van der Waals surface area contributed by atoms with Crippen molar-refractivity contribution < 1.29 is 4.79 Å². The summed E-state index contributed by atoms with van der Waals surface area (Å²) in [7, 11) is 4.10. The second-order valence-electron chi connectivity index (χ2n) is 9.67. The monoisotopic (exact) mass is 420 g/mol. The van der Waals surface area contributed by atoms with E-state index in [1.54, 1.807) is 5.57 Å². The number of piperidine rings is 3. The third kappa shape index (κ3) is 4.05. The van der Waals surface area contributed by atoms with Crippen LogP contribution in [0.2, 0.25) is 0 Å². The van der Waals surface area contributed by atoms with Crippen LogP contribution in [0.15, 0.2) is 11.6 Å². The fourth-order valence-electron chi connectivity index (χ4n) is 6.61. The highest BCUT2D eigenvalue weighted by atomic mass is 33.1. The number of fused-ring (bicyclic) bond motifs is 6. The summed E-state index contributed by atoms with van der Waals surface area (Å²) in [6.45, 7) is 3.53. The van der Waals surface area contributed by atoms with Crippen LogP contribution < -0.4 is 0 Å². The Kier molecular flexibility index (Phi) is 6.32. The second kappa shape index (κ2) is 8.93. The van der Waals surface area contributed by atoms with Gasteiger partial charge in [-0.3, -0.25) is 9.69 Å². The highest BCUT2D eigenvalue weighted by molar-refractivity contribution is 8.77. The Balaban J connectivity index is 1.21. The second-order valence-corrected chi connectivity index (χ2v) is 12.5. The van der Waals surface area contributed by atoms with Crippen LogP contribution in [0, 0.1) is 11.8 Å². The van der Waals surface area contributed by atoms with Crippen molar-refractivity contribution in [1.82, 2.24) is 9.80 Å². The molecule has 5 aliphatic rings. The summed E-state index contributed by atoms with van der Waals surface area (Å²) in [5.74, 6) is 3.22. The molecule has 2 unspecified atom stereocenters. The van der Waals surface area contributed by atoms with Gasteiger partial charge >= 0.3 is 0 Å². The van der Waals surface area contributed by atoms with Crippen LogP contribution in [0.4, 0.5) is 0 Å². The van der Waals surface area contributed by atoms with E-state index in [9.17, 15) is 4.79 Å². The molecular formula is C23H36N2OS2. The highest BCUT2D eigenvalue weighted by Gasteiger charge is 2.46. The van der Waals surface area contributed by atoms with Crippen molar-refractivity contribution in [2.75, 3.05) is 25.4 Å². The fourth-order valence-corrected chi connectivity index (χ4v) is 9.64. The van der Waals surface area contributed by atoms with Gasteiger partial charge in [-0.05, 0) is 69.7 Å². The maximum atomic E-state index is 13.2. The first-order chi connectivity index (χ1) is 13.8. The van der Waals surface area contributed by atoms with E-state index in [2.05, 4.69) is 26.7 Å². The van der Waals surface area contributed by atoms with E-state index in [0.29, 0.717) is 17.9 Å². The Morgan fingerprint density at radius 1 is 1.14 bits per heavy atom.